The average molecular weight is 988 g/mol. The lowest BCUT2D eigenvalue weighted by Gasteiger charge is -2.12. The zero-order chi connectivity index (χ0) is 49.5. The van der Waals surface area contributed by atoms with Crippen LogP contribution in [0.1, 0.15) is 27.7 Å². The van der Waals surface area contributed by atoms with Crippen molar-refractivity contribution in [3.63, 3.8) is 0 Å². The fourth-order valence-electron chi connectivity index (χ4n) is 7.15. The third-order valence-electron chi connectivity index (χ3n) is 10.3. The molecule has 0 atom stereocenters. The number of pyridine rings is 6. The maximum absolute atomic E-state index is 6.33. The van der Waals surface area contributed by atoms with Crippen LogP contribution in [0.2, 0.25) is 0 Å². The van der Waals surface area contributed by atoms with Crippen LogP contribution >= 0.6 is 15.9 Å². The molecule has 0 saturated heterocycles. The van der Waals surface area contributed by atoms with Crippen molar-refractivity contribution >= 4 is 88.0 Å². The minimum absolute atomic E-state index is 0.406. The van der Waals surface area contributed by atoms with Gasteiger partial charge in [0, 0.05) is 91.6 Å². The van der Waals surface area contributed by atoms with Crippen molar-refractivity contribution in [3.8, 4) is 45.5 Å². The van der Waals surface area contributed by atoms with Gasteiger partial charge in [0.05, 0.1) is 62.7 Å². The molecule has 352 valence electrons. The number of benzene rings is 4. The Morgan fingerprint density at radius 2 is 0.870 bits per heavy atom. The highest BCUT2D eigenvalue weighted by Crippen LogP contribution is 2.39. The molecular formula is C54H55BrN10O4. The maximum Gasteiger partial charge on any atom is 0.162 e. The maximum atomic E-state index is 6.33. The molecule has 0 unspecified atom stereocenters. The Morgan fingerprint density at radius 1 is 0.435 bits per heavy atom. The summed E-state index contributed by atoms with van der Waals surface area (Å²) in [5.41, 5.74) is 25.3. The molecule has 6 aromatic heterocycles. The zero-order valence-electron chi connectivity index (χ0n) is 39.8. The molecule has 14 nitrogen and oxygen atoms in total. The van der Waals surface area contributed by atoms with Gasteiger partial charge in [-0.3, -0.25) is 19.9 Å². The molecule has 0 fully saturated rings. The molecule has 0 aliphatic carbocycles. The summed E-state index contributed by atoms with van der Waals surface area (Å²) in [6, 6.07) is 34.9. The van der Waals surface area contributed by atoms with E-state index in [0.717, 1.165) is 87.4 Å². The first kappa shape index (κ1) is 50.1. The first-order chi connectivity index (χ1) is 33.7. The third-order valence-corrected chi connectivity index (χ3v) is 10.8. The van der Waals surface area contributed by atoms with Crippen LogP contribution in [-0.4, -0.2) is 58.3 Å². The molecule has 10 aromatic rings. The molecule has 0 radical (unpaired) electrons. The number of fused-ring (bicyclic) bond motifs is 6. The number of nitrogens with one attached hydrogen (secondary N) is 1. The van der Waals surface area contributed by atoms with Gasteiger partial charge in [0.25, 0.3) is 0 Å². The summed E-state index contributed by atoms with van der Waals surface area (Å²) in [5.74, 6) is 3.34. The summed E-state index contributed by atoms with van der Waals surface area (Å²) in [6.07, 6.45) is 10.5. The number of nitrogen functional groups attached to an aromatic ring is 3. The molecule has 6 heterocycles. The topological polar surface area (TPSA) is 204 Å². The Hall–Kier alpha value is -8.30. The van der Waals surface area contributed by atoms with E-state index in [-0.39, 0.29) is 0 Å². The number of nitrogens with zero attached hydrogens (tertiary/aromatic N) is 6. The van der Waals surface area contributed by atoms with Gasteiger partial charge in [-0.05, 0) is 87.4 Å². The van der Waals surface area contributed by atoms with Crippen molar-refractivity contribution in [1.82, 2.24) is 29.9 Å². The Morgan fingerprint density at radius 3 is 1.30 bits per heavy atom. The summed E-state index contributed by atoms with van der Waals surface area (Å²) < 4.78 is 22.6. The number of halogens is 1. The van der Waals surface area contributed by atoms with Crippen LogP contribution in [-0.2, 0) is 0 Å². The van der Waals surface area contributed by atoms with Gasteiger partial charge in [0.2, 0.25) is 0 Å². The molecular weight excluding hydrogens is 933 g/mol. The SMILES string of the molecule is CC.CC.COc1cc2ncc3c(N)nc(-c4cncc(Br)c4)cc3c2cc1OC.COc1cc2ncc3c(N)nc(-c4cncc(Nc5ccccc5)c4)cc3c2cc1OC.Nc1ccccc1. The number of methoxy groups -OCH3 is 4. The second kappa shape index (κ2) is 23.9. The smallest absolute Gasteiger partial charge is 0.162 e. The van der Waals surface area contributed by atoms with Gasteiger partial charge in [-0.2, -0.15) is 0 Å². The van der Waals surface area contributed by atoms with E-state index >= 15 is 0 Å². The van der Waals surface area contributed by atoms with E-state index in [1.165, 1.54) is 0 Å². The van der Waals surface area contributed by atoms with Gasteiger partial charge in [-0.1, -0.05) is 64.1 Å². The van der Waals surface area contributed by atoms with Crippen molar-refractivity contribution in [2.45, 2.75) is 27.7 Å². The first-order valence-corrected chi connectivity index (χ1v) is 22.9. The quantitative estimate of drug-likeness (QED) is 0.0826. The summed E-state index contributed by atoms with van der Waals surface area (Å²) in [5, 5.41) is 8.62. The number of nitrogens with two attached hydrogens (primary N) is 3. The van der Waals surface area contributed by atoms with Crippen molar-refractivity contribution < 1.29 is 18.9 Å². The predicted octanol–water partition coefficient (Wildman–Crippen LogP) is 12.7. The summed E-state index contributed by atoms with van der Waals surface area (Å²) in [6.45, 7) is 8.00. The van der Waals surface area contributed by atoms with E-state index in [0.29, 0.717) is 34.6 Å². The molecule has 7 N–H and O–H groups in total. The molecule has 69 heavy (non-hydrogen) atoms. The normalized spacial score (nSPS) is 10.3. The summed E-state index contributed by atoms with van der Waals surface area (Å²) in [4.78, 5) is 26.8. The van der Waals surface area contributed by atoms with Crippen LogP contribution in [0.3, 0.4) is 0 Å². The van der Waals surface area contributed by atoms with Gasteiger partial charge in [-0.25, -0.2) is 9.97 Å². The van der Waals surface area contributed by atoms with Crippen LogP contribution in [0, 0.1) is 0 Å². The zero-order valence-corrected chi connectivity index (χ0v) is 41.4. The van der Waals surface area contributed by atoms with Crippen LogP contribution in [0.4, 0.5) is 28.7 Å². The predicted molar refractivity (Wildman–Crippen MR) is 287 cm³/mol. The fourth-order valence-corrected chi connectivity index (χ4v) is 7.52. The van der Waals surface area contributed by atoms with Crippen molar-refractivity contribution in [3.05, 3.63) is 151 Å². The first-order valence-electron chi connectivity index (χ1n) is 22.1. The van der Waals surface area contributed by atoms with Crippen LogP contribution in [0.15, 0.2) is 151 Å². The minimum Gasteiger partial charge on any atom is -0.493 e. The Bertz CT molecular complexity index is 3310. The molecule has 0 spiro atoms. The number of aromatic nitrogens is 6. The van der Waals surface area contributed by atoms with Gasteiger partial charge < -0.3 is 41.5 Å². The van der Waals surface area contributed by atoms with Crippen LogP contribution < -0.4 is 41.5 Å². The van der Waals surface area contributed by atoms with Crippen LogP contribution in [0.25, 0.3) is 65.9 Å². The van der Waals surface area contributed by atoms with E-state index < -0.39 is 0 Å². The second-order valence-electron chi connectivity index (χ2n) is 14.4. The average Bonchev–Trinajstić information content (AvgIpc) is 3.39. The number of hydrogen-bond donors (Lipinski definition) is 4. The number of anilines is 5. The molecule has 15 heteroatoms. The highest BCUT2D eigenvalue weighted by Gasteiger charge is 2.16. The van der Waals surface area contributed by atoms with Gasteiger partial charge in [0.1, 0.15) is 11.6 Å². The number of hydrogen-bond acceptors (Lipinski definition) is 14. The van der Waals surface area contributed by atoms with Gasteiger partial charge in [-0.15, -0.1) is 0 Å². The lowest BCUT2D eigenvalue weighted by atomic mass is 10.0. The van der Waals surface area contributed by atoms with Crippen LogP contribution in [0.5, 0.6) is 23.0 Å². The molecule has 0 saturated carbocycles. The van der Waals surface area contributed by atoms with E-state index in [2.05, 4.69) is 51.2 Å². The minimum atomic E-state index is 0.406. The van der Waals surface area contributed by atoms with Gasteiger partial charge >= 0.3 is 0 Å². The summed E-state index contributed by atoms with van der Waals surface area (Å²) >= 11 is 3.44. The van der Waals surface area contributed by atoms with Crippen molar-refractivity contribution in [2.24, 2.45) is 0 Å². The molecule has 10 rings (SSSR count). The number of ether oxygens (including phenoxy) is 4. The number of para-hydroxylation sites is 2. The fraction of sp³-hybridized carbons (Fsp3) is 0.148. The highest BCUT2D eigenvalue weighted by atomic mass is 79.9. The highest BCUT2D eigenvalue weighted by molar-refractivity contribution is 9.10. The van der Waals surface area contributed by atoms with E-state index in [1.54, 1.807) is 65.6 Å². The number of rotatable bonds is 8. The molecule has 4 aromatic carbocycles. The van der Waals surface area contributed by atoms with Crippen molar-refractivity contribution in [2.75, 3.05) is 51.0 Å². The molecule has 0 aliphatic heterocycles. The lowest BCUT2D eigenvalue weighted by molar-refractivity contribution is 0.356. The molecule has 0 amide bonds. The molecule has 0 bridgehead atoms. The lowest BCUT2D eigenvalue weighted by Crippen LogP contribution is -1.98. The third kappa shape index (κ3) is 11.8. The molecule has 0 aliphatic rings. The van der Waals surface area contributed by atoms with Crippen molar-refractivity contribution in [1.29, 1.82) is 0 Å². The van der Waals surface area contributed by atoms with Gasteiger partial charge in [0.15, 0.2) is 23.0 Å². The summed E-state index contributed by atoms with van der Waals surface area (Å²) in [7, 11) is 6.43. The second-order valence-corrected chi connectivity index (χ2v) is 15.3. The monoisotopic (exact) mass is 986 g/mol. The Labute approximate surface area is 410 Å². The van der Waals surface area contributed by atoms with E-state index in [4.69, 9.17) is 36.1 Å². The standard InChI is InChI=1S/C25H21N5O2.C19H15BrN4O2.C6H7N.2C2H6/c1-31-23-10-19-18-9-21(30-25(26)20(18)14-28-22(19)11-24(23)32-2)15-8-17(13-27-12-15)29-16-6-4-3-5-7-16;1-25-17-5-13-12-4-15(10-3-11(20)8-22-7-10)24-19(21)14(12)9-23-16(13)6-18(17)26-2;7-6-4-2-1-3-5-6;2*1-2/h3-14,29H,1-2H3,(H2,26,30);3-9H,1-2H3,(H2,21,24);1-5H,7H2;2*1-2H3. The van der Waals surface area contributed by atoms with E-state index in [9.17, 15) is 0 Å². The Kier molecular flexibility index (Phi) is 17.4. The van der Waals surface area contributed by atoms with E-state index in [1.807, 2.05) is 137 Å². The largest absolute Gasteiger partial charge is 0.493 e. The Balaban J connectivity index is 0.000000189.